The molecule has 0 saturated heterocycles. The second-order valence-corrected chi connectivity index (χ2v) is 4.43. The van der Waals surface area contributed by atoms with Crippen molar-refractivity contribution in [3.05, 3.63) is 29.3 Å². The Morgan fingerprint density at radius 2 is 2.17 bits per heavy atom. The number of benzene rings is 1. The van der Waals surface area contributed by atoms with Crippen LogP contribution in [0.15, 0.2) is 18.2 Å². The Balaban J connectivity index is 2.76. The fourth-order valence-electron chi connectivity index (χ4n) is 1.83. The molecule has 0 atom stereocenters. The maximum atomic E-state index is 11.0. The van der Waals surface area contributed by atoms with Crippen LogP contribution in [0.4, 0.5) is 0 Å². The number of hydrogen-bond donors (Lipinski definition) is 1. The minimum Gasteiger partial charge on any atom is -0.496 e. The highest BCUT2D eigenvalue weighted by Gasteiger charge is 2.11. The van der Waals surface area contributed by atoms with Gasteiger partial charge < -0.3 is 14.7 Å². The van der Waals surface area contributed by atoms with E-state index in [1.165, 1.54) is 20.0 Å². The van der Waals surface area contributed by atoms with Gasteiger partial charge in [0.2, 0.25) is 0 Å². The highest BCUT2D eigenvalue weighted by atomic mass is 16.5. The van der Waals surface area contributed by atoms with Crippen molar-refractivity contribution in [3.63, 3.8) is 0 Å². The number of unbranched alkanes of at least 4 members (excludes halogenated alkanes) is 1. The number of methoxy groups -OCH3 is 1. The summed E-state index contributed by atoms with van der Waals surface area (Å²) in [6.07, 6.45) is 2.34. The monoisotopic (exact) mass is 251 g/mol. The molecule has 0 saturated carbocycles. The van der Waals surface area contributed by atoms with Crippen LogP contribution in [0.25, 0.3) is 0 Å². The Bertz CT molecular complexity index is 404. The second kappa shape index (κ2) is 7.01. The van der Waals surface area contributed by atoms with Gasteiger partial charge in [-0.1, -0.05) is 19.4 Å². The Kier molecular flexibility index (Phi) is 5.65. The molecule has 0 heterocycles. The van der Waals surface area contributed by atoms with Gasteiger partial charge in [-0.05, 0) is 37.7 Å². The molecule has 0 aliphatic carbocycles. The molecule has 100 valence electrons. The van der Waals surface area contributed by atoms with E-state index in [-0.39, 0.29) is 5.56 Å². The first-order chi connectivity index (χ1) is 8.58. The number of nitrogens with zero attached hydrogens (tertiary/aromatic N) is 1. The van der Waals surface area contributed by atoms with Crippen LogP contribution in [0.2, 0.25) is 0 Å². The highest BCUT2D eigenvalue weighted by Crippen LogP contribution is 2.21. The molecular formula is C14H21NO3. The zero-order valence-corrected chi connectivity index (χ0v) is 11.3. The largest absolute Gasteiger partial charge is 0.496 e. The molecule has 1 rings (SSSR count). The average Bonchev–Trinajstić information content (AvgIpc) is 2.35. The third kappa shape index (κ3) is 4.04. The lowest BCUT2D eigenvalue weighted by Gasteiger charge is -2.17. The number of aromatic carboxylic acids is 1. The van der Waals surface area contributed by atoms with Crippen LogP contribution in [0.1, 0.15) is 35.7 Å². The van der Waals surface area contributed by atoms with Crippen LogP contribution in [0.5, 0.6) is 5.75 Å². The van der Waals surface area contributed by atoms with Gasteiger partial charge in [-0.25, -0.2) is 4.79 Å². The molecule has 0 radical (unpaired) electrons. The molecule has 18 heavy (non-hydrogen) atoms. The predicted molar refractivity (Wildman–Crippen MR) is 71.2 cm³/mol. The zero-order valence-electron chi connectivity index (χ0n) is 11.3. The summed E-state index contributed by atoms with van der Waals surface area (Å²) < 4.78 is 5.11. The number of ether oxygens (including phenoxy) is 1. The molecule has 4 nitrogen and oxygen atoms in total. The van der Waals surface area contributed by atoms with Gasteiger partial charge in [0.1, 0.15) is 11.3 Å². The van der Waals surface area contributed by atoms with E-state index in [9.17, 15) is 4.79 Å². The van der Waals surface area contributed by atoms with E-state index in [2.05, 4.69) is 18.9 Å². The van der Waals surface area contributed by atoms with E-state index in [0.29, 0.717) is 5.75 Å². The van der Waals surface area contributed by atoms with Crippen LogP contribution in [0, 0.1) is 0 Å². The van der Waals surface area contributed by atoms with Crippen molar-refractivity contribution in [2.75, 3.05) is 20.7 Å². The van der Waals surface area contributed by atoms with E-state index >= 15 is 0 Å². The minimum absolute atomic E-state index is 0.206. The van der Waals surface area contributed by atoms with Gasteiger partial charge in [0.25, 0.3) is 0 Å². The molecule has 1 aromatic rings. The van der Waals surface area contributed by atoms with Crippen LogP contribution in [-0.2, 0) is 6.54 Å². The third-order valence-electron chi connectivity index (χ3n) is 2.84. The van der Waals surface area contributed by atoms with Crippen LogP contribution in [-0.4, -0.2) is 36.7 Å². The lowest BCUT2D eigenvalue weighted by Crippen LogP contribution is -2.19. The highest BCUT2D eigenvalue weighted by molar-refractivity contribution is 5.90. The van der Waals surface area contributed by atoms with Gasteiger partial charge >= 0.3 is 5.97 Å². The summed E-state index contributed by atoms with van der Waals surface area (Å²) >= 11 is 0. The Labute approximate surface area is 108 Å². The molecule has 0 aliphatic heterocycles. The smallest absolute Gasteiger partial charge is 0.339 e. The first-order valence-corrected chi connectivity index (χ1v) is 6.17. The van der Waals surface area contributed by atoms with Crippen LogP contribution < -0.4 is 4.74 Å². The molecule has 1 aromatic carbocycles. The van der Waals surface area contributed by atoms with Gasteiger partial charge in [-0.2, -0.15) is 0 Å². The Morgan fingerprint density at radius 3 is 2.72 bits per heavy atom. The molecule has 0 aliphatic rings. The summed E-state index contributed by atoms with van der Waals surface area (Å²) in [5, 5.41) is 9.00. The maximum absolute atomic E-state index is 11.0. The maximum Gasteiger partial charge on any atom is 0.339 e. The van der Waals surface area contributed by atoms with Gasteiger partial charge in [0.15, 0.2) is 0 Å². The zero-order chi connectivity index (χ0) is 13.5. The Hall–Kier alpha value is -1.55. The Morgan fingerprint density at radius 1 is 1.44 bits per heavy atom. The van der Waals surface area contributed by atoms with Crippen molar-refractivity contribution in [1.29, 1.82) is 0 Å². The predicted octanol–water partition coefficient (Wildman–Crippen LogP) is 2.63. The standard InChI is InChI=1S/C14H21NO3/c1-4-5-8-15(2)10-11-6-7-12(14(16)17)13(9-11)18-3/h6-7,9H,4-5,8,10H2,1-3H3,(H,16,17). The molecular weight excluding hydrogens is 230 g/mol. The summed E-state index contributed by atoms with van der Waals surface area (Å²) in [7, 11) is 3.56. The lowest BCUT2D eigenvalue weighted by molar-refractivity contribution is 0.0693. The molecule has 0 unspecified atom stereocenters. The summed E-state index contributed by atoms with van der Waals surface area (Å²) in [4.78, 5) is 13.2. The van der Waals surface area contributed by atoms with Crippen molar-refractivity contribution in [2.45, 2.75) is 26.3 Å². The molecule has 0 amide bonds. The minimum atomic E-state index is -0.960. The van der Waals surface area contributed by atoms with Crippen LogP contribution in [0.3, 0.4) is 0 Å². The number of carboxylic acid groups (broad SMARTS) is 1. The van der Waals surface area contributed by atoms with Crippen molar-refractivity contribution >= 4 is 5.97 Å². The van der Waals surface area contributed by atoms with Crippen molar-refractivity contribution in [2.24, 2.45) is 0 Å². The molecule has 0 spiro atoms. The molecule has 0 bridgehead atoms. The van der Waals surface area contributed by atoms with Crippen molar-refractivity contribution in [1.82, 2.24) is 4.90 Å². The number of hydrogen-bond acceptors (Lipinski definition) is 3. The van der Waals surface area contributed by atoms with Gasteiger partial charge in [-0.15, -0.1) is 0 Å². The van der Waals surface area contributed by atoms with Gasteiger partial charge in [-0.3, -0.25) is 0 Å². The van der Waals surface area contributed by atoms with E-state index in [1.54, 1.807) is 12.1 Å². The van der Waals surface area contributed by atoms with E-state index in [1.807, 2.05) is 6.07 Å². The number of carbonyl (C=O) groups is 1. The van der Waals surface area contributed by atoms with Gasteiger partial charge in [0, 0.05) is 6.54 Å². The topological polar surface area (TPSA) is 49.8 Å². The summed E-state index contributed by atoms with van der Waals surface area (Å²) in [6, 6.07) is 5.24. The first-order valence-electron chi connectivity index (χ1n) is 6.17. The summed E-state index contributed by atoms with van der Waals surface area (Å²) in [6.45, 7) is 4.01. The molecule has 1 N–H and O–H groups in total. The first kappa shape index (κ1) is 14.5. The molecule has 0 fully saturated rings. The lowest BCUT2D eigenvalue weighted by atomic mass is 10.1. The summed E-state index contributed by atoms with van der Waals surface area (Å²) in [5.41, 5.74) is 1.27. The number of rotatable bonds is 7. The second-order valence-electron chi connectivity index (χ2n) is 4.43. The van der Waals surface area contributed by atoms with E-state index in [4.69, 9.17) is 9.84 Å². The quantitative estimate of drug-likeness (QED) is 0.809. The third-order valence-corrected chi connectivity index (χ3v) is 2.84. The molecule has 0 aromatic heterocycles. The number of carboxylic acids is 1. The fourth-order valence-corrected chi connectivity index (χ4v) is 1.83. The summed E-state index contributed by atoms with van der Waals surface area (Å²) in [5.74, 6) is -0.540. The van der Waals surface area contributed by atoms with Gasteiger partial charge in [0.05, 0.1) is 7.11 Å². The van der Waals surface area contributed by atoms with E-state index in [0.717, 1.165) is 18.7 Å². The van der Waals surface area contributed by atoms with Crippen LogP contribution >= 0.6 is 0 Å². The fraction of sp³-hybridized carbons (Fsp3) is 0.500. The molecule has 4 heteroatoms. The normalized spacial score (nSPS) is 10.7. The van der Waals surface area contributed by atoms with E-state index < -0.39 is 5.97 Å². The van der Waals surface area contributed by atoms with Crippen molar-refractivity contribution < 1.29 is 14.6 Å². The SMILES string of the molecule is CCCCN(C)Cc1ccc(C(=O)O)c(OC)c1. The average molecular weight is 251 g/mol. The van der Waals surface area contributed by atoms with Crippen molar-refractivity contribution in [3.8, 4) is 5.75 Å².